The van der Waals surface area contributed by atoms with Gasteiger partial charge in [-0.15, -0.1) is 0 Å². The van der Waals surface area contributed by atoms with Gasteiger partial charge in [0.25, 0.3) is 0 Å². The Labute approximate surface area is 181 Å². The van der Waals surface area contributed by atoms with Crippen LogP contribution < -0.4 is 16.4 Å². The highest BCUT2D eigenvalue weighted by Gasteiger charge is 2.28. The molecule has 4 N–H and O–H groups in total. The summed E-state index contributed by atoms with van der Waals surface area (Å²) in [6.45, 7) is 3.05. The maximum absolute atomic E-state index is 13.2. The van der Waals surface area contributed by atoms with E-state index in [1.165, 1.54) is 16.8 Å². The smallest absolute Gasteiger partial charge is 0.191 e. The number of nitrogen functional groups attached to an aromatic ring is 1. The molecule has 9 nitrogen and oxygen atoms in total. The second-order valence-electron chi connectivity index (χ2n) is 7.32. The normalized spacial score (nSPS) is 18.0. The van der Waals surface area contributed by atoms with E-state index < -0.39 is 9.84 Å². The summed E-state index contributed by atoms with van der Waals surface area (Å²) < 4.78 is 37.9. The molecule has 0 radical (unpaired) electrons. The minimum Gasteiger partial charge on any atom is -0.382 e. The summed E-state index contributed by atoms with van der Waals surface area (Å²) in [4.78, 5) is 4.50. The number of aryl methyl sites for hydroxylation is 1. The van der Waals surface area contributed by atoms with Gasteiger partial charge in [0.15, 0.2) is 15.8 Å². The largest absolute Gasteiger partial charge is 0.382 e. The molecule has 1 aliphatic heterocycles. The number of nitrogens with one attached hydrogen (secondary N) is 2. The number of anilines is 1. The number of aromatic nitrogens is 2. The van der Waals surface area contributed by atoms with Gasteiger partial charge in [-0.25, -0.2) is 17.5 Å². The molecule has 0 aliphatic carbocycles. The molecule has 3 rings (SSSR count). The third-order valence-electron chi connectivity index (χ3n) is 4.94. The lowest BCUT2D eigenvalue weighted by molar-refractivity contribution is 0.599. The van der Waals surface area contributed by atoms with Gasteiger partial charge in [-0.3, -0.25) is 4.99 Å². The molecule has 0 amide bonds. The molecule has 1 unspecified atom stereocenters. The summed E-state index contributed by atoms with van der Waals surface area (Å²) in [5.74, 6) is 0.724. The molecule has 1 saturated heterocycles. The van der Waals surface area contributed by atoms with Gasteiger partial charge in [-0.05, 0) is 50.5 Å². The van der Waals surface area contributed by atoms with E-state index in [1.54, 1.807) is 12.1 Å². The molecule has 11 heteroatoms. The average molecular weight is 448 g/mol. The first-order chi connectivity index (χ1) is 14.8. The molecule has 1 aromatic heterocycles. The first kappa shape index (κ1) is 22.6. The summed E-state index contributed by atoms with van der Waals surface area (Å²) >= 11 is 0. The van der Waals surface area contributed by atoms with Crippen LogP contribution in [0.4, 0.5) is 10.2 Å². The highest BCUT2D eigenvalue weighted by molar-refractivity contribution is 7.91. The fourth-order valence-corrected chi connectivity index (χ4v) is 5.09. The molecule has 1 aliphatic rings. The second-order valence-corrected chi connectivity index (χ2v) is 9.54. The first-order valence-corrected chi connectivity index (χ1v) is 11.9. The summed E-state index contributed by atoms with van der Waals surface area (Å²) in [5.41, 5.74) is 7.51. The summed E-state index contributed by atoms with van der Waals surface area (Å²) in [6, 6.07) is 7.66. The minimum absolute atomic E-state index is 0.114. The maximum Gasteiger partial charge on any atom is 0.191 e. The van der Waals surface area contributed by atoms with Gasteiger partial charge < -0.3 is 16.4 Å². The molecule has 0 bridgehead atoms. The zero-order valence-corrected chi connectivity index (χ0v) is 18.1. The zero-order valence-electron chi connectivity index (χ0n) is 17.3. The molecule has 1 fully saturated rings. The van der Waals surface area contributed by atoms with Gasteiger partial charge in [0, 0.05) is 19.1 Å². The molecule has 2 heterocycles. The van der Waals surface area contributed by atoms with E-state index in [0.717, 1.165) is 0 Å². The third kappa shape index (κ3) is 5.73. The molecule has 166 valence electrons. The fraction of sp³-hybridized carbons (Fsp3) is 0.450. The van der Waals surface area contributed by atoms with Crippen LogP contribution in [0, 0.1) is 17.1 Å². The lowest BCUT2D eigenvalue weighted by Gasteiger charge is -2.15. The number of benzene rings is 1. The van der Waals surface area contributed by atoms with E-state index >= 15 is 0 Å². The second kappa shape index (κ2) is 9.78. The Morgan fingerprint density at radius 3 is 2.77 bits per heavy atom. The number of sulfone groups is 1. The first-order valence-electron chi connectivity index (χ1n) is 10.1. The van der Waals surface area contributed by atoms with Crippen LogP contribution in [-0.2, 0) is 16.3 Å². The van der Waals surface area contributed by atoms with Crippen molar-refractivity contribution in [1.82, 2.24) is 20.4 Å². The lowest BCUT2D eigenvalue weighted by Crippen LogP contribution is -2.44. The highest BCUT2D eigenvalue weighted by Crippen LogP contribution is 2.21. The summed E-state index contributed by atoms with van der Waals surface area (Å²) in [5, 5.41) is 20.2. The zero-order chi connectivity index (χ0) is 22.4. The molecule has 31 heavy (non-hydrogen) atoms. The van der Waals surface area contributed by atoms with E-state index in [9.17, 15) is 18.1 Å². The number of aliphatic imine (C=N–C) groups is 1. The molecule has 2 aromatic rings. The van der Waals surface area contributed by atoms with E-state index in [0.29, 0.717) is 55.3 Å². The van der Waals surface area contributed by atoms with Crippen molar-refractivity contribution in [2.75, 3.05) is 30.3 Å². The van der Waals surface area contributed by atoms with Gasteiger partial charge in [0.1, 0.15) is 23.3 Å². The van der Waals surface area contributed by atoms with Crippen molar-refractivity contribution in [2.24, 2.45) is 4.99 Å². The van der Waals surface area contributed by atoms with Crippen molar-refractivity contribution >= 4 is 21.6 Å². The van der Waals surface area contributed by atoms with Crippen LogP contribution in [0.25, 0.3) is 5.69 Å². The summed E-state index contributed by atoms with van der Waals surface area (Å²) in [7, 11) is -2.97. The summed E-state index contributed by atoms with van der Waals surface area (Å²) in [6.07, 6.45) is 1.68. The van der Waals surface area contributed by atoms with E-state index in [-0.39, 0.29) is 29.2 Å². The SMILES string of the molecule is CCNC(=NCCCc1nn(-c2ccc(F)cc2)c(N)c1C#N)NC1CCS(=O)(=O)C1. The van der Waals surface area contributed by atoms with Crippen molar-refractivity contribution in [3.8, 4) is 11.8 Å². The number of nitrogens with zero attached hydrogens (tertiary/aromatic N) is 4. The number of nitrogens with two attached hydrogens (primary N) is 1. The van der Waals surface area contributed by atoms with Crippen molar-refractivity contribution in [3.63, 3.8) is 0 Å². The highest BCUT2D eigenvalue weighted by atomic mass is 32.2. The van der Waals surface area contributed by atoms with E-state index in [2.05, 4.69) is 26.8 Å². The standard InChI is InChI=1S/C20H26FN7O2S/c1-2-24-20(26-15-9-11-31(29,30)13-15)25-10-3-4-18-17(12-22)19(23)28(27-18)16-7-5-14(21)6-8-16/h5-8,15H,2-4,9-11,13,23H2,1H3,(H2,24,25,26). The van der Waals surface area contributed by atoms with E-state index in [1.807, 2.05) is 6.92 Å². The minimum atomic E-state index is -2.97. The van der Waals surface area contributed by atoms with Gasteiger partial charge >= 0.3 is 0 Å². The van der Waals surface area contributed by atoms with Gasteiger partial charge in [0.2, 0.25) is 0 Å². The Balaban J connectivity index is 1.64. The number of hydrogen-bond donors (Lipinski definition) is 3. The van der Waals surface area contributed by atoms with Crippen LogP contribution in [0.5, 0.6) is 0 Å². The average Bonchev–Trinajstić information content (AvgIpc) is 3.24. The van der Waals surface area contributed by atoms with Gasteiger partial charge in [-0.2, -0.15) is 10.4 Å². The Morgan fingerprint density at radius 2 is 2.16 bits per heavy atom. The van der Waals surface area contributed by atoms with Crippen molar-refractivity contribution in [3.05, 3.63) is 41.3 Å². The Kier molecular flexibility index (Phi) is 7.12. The topological polar surface area (TPSA) is 138 Å². The molecule has 1 atom stereocenters. The monoisotopic (exact) mass is 447 g/mol. The third-order valence-corrected chi connectivity index (χ3v) is 6.70. The lowest BCUT2D eigenvalue weighted by atomic mass is 10.1. The van der Waals surface area contributed by atoms with Crippen LogP contribution in [0.1, 0.15) is 31.0 Å². The predicted octanol–water partition coefficient (Wildman–Crippen LogP) is 1.14. The van der Waals surface area contributed by atoms with Crippen LogP contribution in [-0.4, -0.2) is 54.8 Å². The van der Waals surface area contributed by atoms with Crippen LogP contribution in [0.3, 0.4) is 0 Å². The fourth-order valence-electron chi connectivity index (χ4n) is 3.41. The Morgan fingerprint density at radius 1 is 1.42 bits per heavy atom. The maximum atomic E-state index is 13.2. The van der Waals surface area contributed by atoms with Crippen LogP contribution >= 0.6 is 0 Å². The van der Waals surface area contributed by atoms with E-state index in [4.69, 9.17) is 5.73 Å². The number of halogens is 1. The predicted molar refractivity (Wildman–Crippen MR) is 117 cm³/mol. The molecular weight excluding hydrogens is 421 g/mol. The van der Waals surface area contributed by atoms with Gasteiger partial charge in [-0.1, -0.05) is 0 Å². The molecule has 0 saturated carbocycles. The van der Waals surface area contributed by atoms with Crippen LogP contribution in [0.15, 0.2) is 29.3 Å². The Bertz CT molecular complexity index is 1090. The van der Waals surface area contributed by atoms with Crippen LogP contribution in [0.2, 0.25) is 0 Å². The van der Waals surface area contributed by atoms with Gasteiger partial charge in [0.05, 0.1) is 22.9 Å². The molecule has 0 spiro atoms. The quantitative estimate of drug-likeness (QED) is 0.329. The molecular formula is C20H26FN7O2S. The Hall–Kier alpha value is -3.13. The number of nitriles is 1. The van der Waals surface area contributed by atoms with Crippen molar-refractivity contribution in [2.45, 2.75) is 32.2 Å². The number of guanidine groups is 1. The van der Waals surface area contributed by atoms with Crippen molar-refractivity contribution < 1.29 is 12.8 Å². The molecule has 1 aromatic carbocycles. The van der Waals surface area contributed by atoms with Crippen molar-refractivity contribution in [1.29, 1.82) is 5.26 Å². The number of hydrogen-bond acceptors (Lipinski definition) is 6. The number of rotatable bonds is 7.